The lowest BCUT2D eigenvalue weighted by atomic mass is 9.88. The molecule has 0 spiro atoms. The molecule has 1 aliphatic heterocycles. The van der Waals surface area contributed by atoms with Crippen molar-refractivity contribution in [1.29, 1.82) is 5.26 Å². The lowest BCUT2D eigenvalue weighted by Crippen LogP contribution is -2.48. The molecule has 1 atom stereocenters. The Hall–Kier alpha value is -4.12. The third-order valence-electron chi connectivity index (χ3n) is 5.89. The predicted octanol–water partition coefficient (Wildman–Crippen LogP) is 3.69. The summed E-state index contributed by atoms with van der Waals surface area (Å²) >= 11 is 0. The van der Waals surface area contributed by atoms with E-state index < -0.39 is 42.8 Å². The first kappa shape index (κ1) is 23.1. The summed E-state index contributed by atoms with van der Waals surface area (Å²) in [5.41, 5.74) is 0.507. The molecule has 1 aliphatic rings. The van der Waals surface area contributed by atoms with Gasteiger partial charge in [-0.05, 0) is 29.2 Å². The van der Waals surface area contributed by atoms with Crippen molar-refractivity contribution in [3.63, 3.8) is 0 Å². The van der Waals surface area contributed by atoms with Gasteiger partial charge in [0.15, 0.2) is 5.54 Å². The van der Waals surface area contributed by atoms with Crippen LogP contribution in [0.25, 0.3) is 0 Å². The van der Waals surface area contributed by atoms with Gasteiger partial charge in [-0.1, -0.05) is 60.7 Å². The normalized spacial score (nSPS) is 18.8. The topological polar surface area (TPSA) is 86.1 Å². The highest BCUT2D eigenvalue weighted by Gasteiger charge is 2.58. The minimum atomic E-state index is -3.22. The number of nitriles is 1. The minimum absolute atomic E-state index is 0.314. The Morgan fingerprint density at radius 2 is 1.74 bits per heavy atom. The van der Waals surface area contributed by atoms with Crippen LogP contribution in [0.3, 0.4) is 0 Å². The first-order chi connectivity index (χ1) is 16.3. The van der Waals surface area contributed by atoms with E-state index in [-0.39, 0.29) is 0 Å². The maximum absolute atomic E-state index is 14.4. The molecule has 2 heterocycles. The van der Waals surface area contributed by atoms with Crippen LogP contribution in [0.15, 0.2) is 79.1 Å². The number of likely N-dealkylation sites (tertiary alicyclic amines) is 1. The van der Waals surface area contributed by atoms with E-state index in [1.54, 1.807) is 42.6 Å². The van der Waals surface area contributed by atoms with Crippen molar-refractivity contribution in [3.05, 3.63) is 101 Å². The van der Waals surface area contributed by atoms with Gasteiger partial charge in [0, 0.05) is 18.0 Å². The van der Waals surface area contributed by atoms with Gasteiger partial charge < -0.3 is 10.2 Å². The van der Waals surface area contributed by atoms with Gasteiger partial charge in [-0.25, -0.2) is 8.78 Å². The number of alkyl halides is 2. The molecule has 34 heavy (non-hydrogen) atoms. The minimum Gasteiger partial charge on any atom is -0.343 e. The standard InChI is InChI=1S/C26H22F2N4O2/c27-26(28)16-25(17-29,21-9-5-2-6-10-21)32(18-26)23(33)15-31-24(34)22-11-12-30-14-20(22)13-19-7-3-1-4-8-19/h1-12,14H,13,15-16,18H2,(H,31,34)/t25-/m0/s1. The molecule has 1 N–H and O–H groups in total. The third-order valence-corrected chi connectivity index (χ3v) is 5.89. The van der Waals surface area contributed by atoms with Gasteiger partial charge in [-0.3, -0.25) is 14.6 Å². The summed E-state index contributed by atoms with van der Waals surface area (Å²) in [6.07, 6.45) is 2.73. The van der Waals surface area contributed by atoms with Gasteiger partial charge in [-0.15, -0.1) is 0 Å². The number of amides is 2. The second-order valence-corrected chi connectivity index (χ2v) is 8.23. The fraction of sp³-hybridized carbons (Fsp3) is 0.231. The molecule has 2 amide bonds. The first-order valence-corrected chi connectivity index (χ1v) is 10.7. The van der Waals surface area contributed by atoms with Gasteiger partial charge in [-0.2, -0.15) is 5.26 Å². The Balaban J connectivity index is 1.51. The van der Waals surface area contributed by atoms with Crippen LogP contribution in [0.2, 0.25) is 0 Å². The van der Waals surface area contributed by atoms with Crippen LogP contribution in [0.1, 0.15) is 33.5 Å². The summed E-state index contributed by atoms with van der Waals surface area (Å²) in [4.78, 5) is 30.8. The van der Waals surface area contributed by atoms with Crippen LogP contribution in [-0.4, -0.2) is 40.7 Å². The van der Waals surface area contributed by atoms with Crippen LogP contribution in [0, 0.1) is 11.3 Å². The van der Waals surface area contributed by atoms with Crippen LogP contribution in [0.5, 0.6) is 0 Å². The molecule has 4 rings (SSSR count). The van der Waals surface area contributed by atoms with Crippen LogP contribution >= 0.6 is 0 Å². The number of hydrogen-bond acceptors (Lipinski definition) is 4. The zero-order chi connectivity index (χ0) is 24.2. The van der Waals surface area contributed by atoms with E-state index >= 15 is 0 Å². The van der Waals surface area contributed by atoms with Crippen molar-refractivity contribution < 1.29 is 18.4 Å². The van der Waals surface area contributed by atoms with Crippen molar-refractivity contribution in [2.45, 2.75) is 24.3 Å². The van der Waals surface area contributed by atoms with E-state index in [2.05, 4.69) is 10.3 Å². The second-order valence-electron chi connectivity index (χ2n) is 8.23. The van der Waals surface area contributed by atoms with Crippen molar-refractivity contribution in [1.82, 2.24) is 15.2 Å². The van der Waals surface area contributed by atoms with E-state index in [9.17, 15) is 23.6 Å². The Kier molecular flexibility index (Phi) is 6.37. The van der Waals surface area contributed by atoms with Crippen molar-refractivity contribution in [2.75, 3.05) is 13.1 Å². The predicted molar refractivity (Wildman–Crippen MR) is 121 cm³/mol. The average molecular weight is 460 g/mol. The molecule has 1 fully saturated rings. The molecule has 172 valence electrons. The maximum atomic E-state index is 14.4. The van der Waals surface area contributed by atoms with Crippen LogP contribution in [0.4, 0.5) is 8.78 Å². The number of aromatic nitrogens is 1. The number of nitrogens with one attached hydrogen (secondary N) is 1. The SMILES string of the molecule is N#C[C@]1(c2ccccc2)CC(F)(F)CN1C(=O)CNC(=O)c1ccncc1Cc1ccccc1. The highest BCUT2D eigenvalue weighted by atomic mass is 19.3. The summed E-state index contributed by atoms with van der Waals surface area (Å²) in [5.74, 6) is -4.50. The molecule has 3 aromatic rings. The lowest BCUT2D eigenvalue weighted by Gasteiger charge is -2.32. The van der Waals surface area contributed by atoms with Gasteiger partial charge in [0.2, 0.25) is 5.91 Å². The molecule has 1 saturated heterocycles. The van der Waals surface area contributed by atoms with Crippen molar-refractivity contribution in [2.24, 2.45) is 0 Å². The van der Waals surface area contributed by atoms with Gasteiger partial charge in [0.25, 0.3) is 11.8 Å². The van der Waals surface area contributed by atoms with Gasteiger partial charge in [0.05, 0.1) is 25.6 Å². The Morgan fingerprint density at radius 1 is 1.06 bits per heavy atom. The Bertz CT molecular complexity index is 1230. The molecule has 0 radical (unpaired) electrons. The molecular formula is C26H22F2N4O2. The smallest absolute Gasteiger partial charge is 0.269 e. The summed E-state index contributed by atoms with van der Waals surface area (Å²) in [6.45, 7) is -1.41. The van der Waals surface area contributed by atoms with Crippen molar-refractivity contribution >= 4 is 11.8 Å². The van der Waals surface area contributed by atoms with Crippen molar-refractivity contribution in [3.8, 4) is 6.07 Å². The van der Waals surface area contributed by atoms with E-state index in [1.165, 1.54) is 6.20 Å². The zero-order valence-corrected chi connectivity index (χ0v) is 18.2. The quantitative estimate of drug-likeness (QED) is 0.608. The van der Waals surface area contributed by atoms with Crippen LogP contribution < -0.4 is 5.32 Å². The van der Waals surface area contributed by atoms with E-state index in [0.717, 1.165) is 10.5 Å². The molecule has 2 aromatic carbocycles. The molecule has 0 aliphatic carbocycles. The molecule has 0 unspecified atom stereocenters. The van der Waals surface area contributed by atoms with E-state index in [4.69, 9.17) is 0 Å². The molecule has 6 nitrogen and oxygen atoms in total. The fourth-order valence-electron chi connectivity index (χ4n) is 4.28. The molecule has 1 aromatic heterocycles. The number of rotatable bonds is 6. The van der Waals surface area contributed by atoms with E-state index in [1.807, 2.05) is 36.4 Å². The number of pyridine rings is 1. The number of nitrogens with zero attached hydrogens (tertiary/aromatic N) is 3. The van der Waals surface area contributed by atoms with Gasteiger partial charge in [0.1, 0.15) is 0 Å². The highest BCUT2D eigenvalue weighted by Crippen LogP contribution is 2.45. The molecule has 0 bridgehead atoms. The fourth-order valence-corrected chi connectivity index (χ4v) is 4.28. The Morgan fingerprint density at radius 3 is 2.41 bits per heavy atom. The lowest BCUT2D eigenvalue weighted by molar-refractivity contribution is -0.133. The summed E-state index contributed by atoms with van der Waals surface area (Å²) in [5, 5.41) is 12.4. The summed E-state index contributed by atoms with van der Waals surface area (Å²) in [6, 6.07) is 21.1. The Labute approximate surface area is 195 Å². The number of carbonyl (C=O) groups is 2. The summed E-state index contributed by atoms with van der Waals surface area (Å²) < 4.78 is 28.8. The molecule has 0 saturated carbocycles. The second kappa shape index (κ2) is 9.40. The third kappa shape index (κ3) is 4.64. The van der Waals surface area contributed by atoms with E-state index in [0.29, 0.717) is 23.1 Å². The van der Waals surface area contributed by atoms with Crippen LogP contribution in [-0.2, 0) is 16.8 Å². The monoisotopic (exact) mass is 460 g/mol. The average Bonchev–Trinajstić information content (AvgIpc) is 3.15. The number of carbonyl (C=O) groups excluding carboxylic acids is 2. The van der Waals surface area contributed by atoms with Gasteiger partial charge >= 0.3 is 0 Å². The maximum Gasteiger partial charge on any atom is 0.269 e. The molecular weight excluding hydrogens is 438 g/mol. The highest BCUT2D eigenvalue weighted by molar-refractivity contribution is 5.97. The molecule has 8 heteroatoms. The number of benzene rings is 2. The summed E-state index contributed by atoms with van der Waals surface area (Å²) in [7, 11) is 0. The zero-order valence-electron chi connectivity index (χ0n) is 18.2. The largest absolute Gasteiger partial charge is 0.343 e. The number of halogens is 2. The number of hydrogen-bond donors (Lipinski definition) is 1. The first-order valence-electron chi connectivity index (χ1n) is 10.7.